The predicted octanol–water partition coefficient (Wildman–Crippen LogP) is 1.82. The van der Waals surface area contributed by atoms with Gasteiger partial charge in [0, 0.05) is 32.1 Å². The zero-order valence-electron chi connectivity index (χ0n) is 15.5. The highest BCUT2D eigenvalue weighted by Gasteiger charge is 2.25. The Bertz CT molecular complexity index is 810. The minimum Gasteiger partial charge on any atom is -0.494 e. The Hall–Kier alpha value is -2.68. The standard InChI is InChI=1S/C18H23N5O3S/c1-3-26-14-8-5-4-7-13(14)11-19-15(24)12-22(2)17-20-21-18(27-17)23-10-6-9-16(23)25/h4-5,7-8H,3,6,9-12H2,1-2H3,(H,19,24). The van der Waals surface area contributed by atoms with Gasteiger partial charge in [-0.15, -0.1) is 10.2 Å². The van der Waals surface area contributed by atoms with Gasteiger partial charge in [0.2, 0.25) is 22.1 Å². The highest BCUT2D eigenvalue weighted by molar-refractivity contribution is 7.19. The van der Waals surface area contributed by atoms with Gasteiger partial charge in [0.05, 0.1) is 13.2 Å². The van der Waals surface area contributed by atoms with Gasteiger partial charge in [-0.25, -0.2) is 0 Å². The number of ether oxygens (including phenoxy) is 1. The van der Waals surface area contributed by atoms with Crippen molar-refractivity contribution in [3.8, 4) is 5.75 Å². The number of carbonyl (C=O) groups excluding carboxylic acids is 2. The fraction of sp³-hybridized carbons (Fsp3) is 0.444. The van der Waals surface area contributed by atoms with Crippen LogP contribution in [0.4, 0.5) is 10.3 Å². The van der Waals surface area contributed by atoms with Crippen molar-refractivity contribution in [2.75, 3.05) is 36.5 Å². The number of nitrogens with one attached hydrogen (secondary N) is 1. The molecule has 1 aliphatic heterocycles. The van der Waals surface area contributed by atoms with Gasteiger partial charge in [0.1, 0.15) is 5.75 Å². The molecule has 0 saturated carbocycles. The van der Waals surface area contributed by atoms with Crippen LogP contribution < -0.4 is 19.9 Å². The van der Waals surface area contributed by atoms with Gasteiger partial charge in [-0.05, 0) is 19.4 Å². The van der Waals surface area contributed by atoms with Crippen molar-refractivity contribution in [3.05, 3.63) is 29.8 Å². The van der Waals surface area contributed by atoms with Crippen LogP contribution in [0, 0.1) is 0 Å². The summed E-state index contributed by atoms with van der Waals surface area (Å²) in [7, 11) is 1.78. The van der Waals surface area contributed by atoms with Crippen LogP contribution in [-0.4, -0.2) is 48.8 Å². The van der Waals surface area contributed by atoms with Crippen LogP contribution in [0.1, 0.15) is 25.3 Å². The Labute approximate surface area is 162 Å². The minimum atomic E-state index is -0.127. The Balaban J connectivity index is 1.54. The molecule has 0 spiro atoms. The Kier molecular flexibility index (Phi) is 6.23. The van der Waals surface area contributed by atoms with Crippen molar-refractivity contribution in [3.63, 3.8) is 0 Å². The fourth-order valence-electron chi connectivity index (χ4n) is 2.80. The summed E-state index contributed by atoms with van der Waals surface area (Å²) < 4.78 is 5.57. The molecule has 0 radical (unpaired) electrons. The summed E-state index contributed by atoms with van der Waals surface area (Å²) in [5.74, 6) is 0.724. The molecule has 1 saturated heterocycles. The lowest BCUT2D eigenvalue weighted by Crippen LogP contribution is -2.34. The molecule has 0 bridgehead atoms. The predicted molar refractivity (Wildman–Crippen MR) is 104 cm³/mol. The topological polar surface area (TPSA) is 87.7 Å². The van der Waals surface area contributed by atoms with Crippen LogP contribution in [-0.2, 0) is 16.1 Å². The van der Waals surface area contributed by atoms with E-state index in [0.29, 0.717) is 36.4 Å². The van der Waals surface area contributed by atoms with Gasteiger partial charge >= 0.3 is 0 Å². The molecule has 1 N–H and O–H groups in total. The van der Waals surface area contributed by atoms with Crippen LogP contribution in [0.25, 0.3) is 0 Å². The molecule has 2 heterocycles. The minimum absolute atomic E-state index is 0.0751. The van der Waals surface area contributed by atoms with Gasteiger partial charge in [-0.1, -0.05) is 29.5 Å². The number of benzene rings is 1. The molecule has 1 aromatic carbocycles. The molecule has 9 heteroatoms. The maximum absolute atomic E-state index is 12.3. The van der Waals surface area contributed by atoms with Crippen LogP contribution in [0.3, 0.4) is 0 Å². The van der Waals surface area contributed by atoms with Crippen molar-refractivity contribution in [2.24, 2.45) is 0 Å². The Morgan fingerprint density at radius 1 is 1.37 bits per heavy atom. The van der Waals surface area contributed by atoms with E-state index in [0.717, 1.165) is 17.7 Å². The summed E-state index contributed by atoms with van der Waals surface area (Å²) in [6, 6.07) is 7.64. The molecule has 2 aromatic rings. The second kappa shape index (κ2) is 8.81. The fourth-order valence-corrected chi connectivity index (χ4v) is 3.65. The first-order valence-corrected chi connectivity index (χ1v) is 9.72. The summed E-state index contributed by atoms with van der Waals surface area (Å²) in [5, 5.41) is 12.3. The van der Waals surface area contributed by atoms with E-state index in [1.807, 2.05) is 31.2 Å². The molecular formula is C18H23N5O3S. The molecule has 3 rings (SSSR count). The zero-order valence-corrected chi connectivity index (χ0v) is 16.3. The van der Waals surface area contributed by atoms with Crippen molar-refractivity contribution in [2.45, 2.75) is 26.3 Å². The van der Waals surface area contributed by atoms with Gasteiger partial charge < -0.3 is 15.0 Å². The first-order chi connectivity index (χ1) is 13.1. The van der Waals surface area contributed by atoms with Crippen LogP contribution >= 0.6 is 11.3 Å². The Morgan fingerprint density at radius 3 is 2.93 bits per heavy atom. The van der Waals surface area contributed by atoms with Gasteiger partial charge in [0.15, 0.2) is 0 Å². The number of anilines is 2. The second-order valence-corrected chi connectivity index (χ2v) is 7.12. The lowest BCUT2D eigenvalue weighted by atomic mass is 10.2. The molecule has 0 unspecified atom stereocenters. The molecule has 1 fully saturated rings. The summed E-state index contributed by atoms with van der Waals surface area (Å²) in [6.07, 6.45) is 1.39. The van der Waals surface area contributed by atoms with Crippen LogP contribution in [0.5, 0.6) is 5.75 Å². The van der Waals surface area contributed by atoms with Gasteiger partial charge in [-0.2, -0.15) is 0 Å². The summed E-state index contributed by atoms with van der Waals surface area (Å²) in [5.41, 5.74) is 0.932. The van der Waals surface area contributed by atoms with Gasteiger partial charge in [0.25, 0.3) is 0 Å². The van der Waals surface area contributed by atoms with Crippen molar-refractivity contribution in [1.29, 1.82) is 0 Å². The monoisotopic (exact) mass is 389 g/mol. The Morgan fingerprint density at radius 2 is 2.19 bits per heavy atom. The number of hydrogen-bond acceptors (Lipinski definition) is 7. The molecular weight excluding hydrogens is 366 g/mol. The number of nitrogens with zero attached hydrogens (tertiary/aromatic N) is 4. The normalized spacial score (nSPS) is 13.7. The van der Waals surface area contributed by atoms with Crippen LogP contribution in [0.15, 0.2) is 24.3 Å². The molecule has 0 atom stereocenters. The summed E-state index contributed by atoms with van der Waals surface area (Å²) in [4.78, 5) is 27.5. The van der Waals surface area contributed by atoms with Crippen molar-refractivity contribution in [1.82, 2.24) is 15.5 Å². The lowest BCUT2D eigenvalue weighted by Gasteiger charge is -2.16. The van der Waals surface area contributed by atoms with Crippen LogP contribution in [0.2, 0.25) is 0 Å². The molecule has 8 nitrogen and oxygen atoms in total. The smallest absolute Gasteiger partial charge is 0.239 e. The number of likely N-dealkylation sites (N-methyl/N-ethyl adjacent to an activating group) is 1. The SMILES string of the molecule is CCOc1ccccc1CNC(=O)CN(C)c1nnc(N2CCCC2=O)s1. The largest absolute Gasteiger partial charge is 0.494 e. The lowest BCUT2D eigenvalue weighted by molar-refractivity contribution is -0.120. The van der Waals surface area contributed by atoms with Crippen molar-refractivity contribution >= 4 is 33.4 Å². The number of amides is 2. The third-order valence-corrected chi connectivity index (χ3v) is 5.22. The van der Waals surface area contributed by atoms with E-state index in [4.69, 9.17) is 4.74 Å². The average molecular weight is 389 g/mol. The molecule has 0 aliphatic carbocycles. The summed E-state index contributed by atoms with van der Waals surface area (Å²) >= 11 is 1.32. The quantitative estimate of drug-likeness (QED) is 0.741. The third-order valence-electron chi connectivity index (χ3n) is 4.16. The first kappa shape index (κ1) is 19.1. The molecule has 1 aromatic heterocycles. The highest BCUT2D eigenvalue weighted by atomic mass is 32.1. The molecule has 2 amide bonds. The number of aromatic nitrogens is 2. The van der Waals surface area contributed by atoms with E-state index >= 15 is 0 Å². The molecule has 27 heavy (non-hydrogen) atoms. The highest BCUT2D eigenvalue weighted by Crippen LogP contribution is 2.29. The van der Waals surface area contributed by atoms with E-state index in [9.17, 15) is 9.59 Å². The van der Waals surface area contributed by atoms with Crippen molar-refractivity contribution < 1.29 is 14.3 Å². The number of hydrogen-bond donors (Lipinski definition) is 1. The average Bonchev–Trinajstić information content (AvgIpc) is 3.30. The van der Waals surface area contributed by atoms with E-state index in [1.54, 1.807) is 16.8 Å². The van der Waals surface area contributed by atoms with Gasteiger partial charge in [-0.3, -0.25) is 14.5 Å². The van der Waals surface area contributed by atoms with E-state index in [-0.39, 0.29) is 18.4 Å². The molecule has 144 valence electrons. The van der Waals surface area contributed by atoms with E-state index in [1.165, 1.54) is 11.3 Å². The number of rotatable bonds is 8. The number of para-hydroxylation sites is 1. The molecule has 1 aliphatic rings. The van der Waals surface area contributed by atoms with E-state index < -0.39 is 0 Å². The van der Waals surface area contributed by atoms with E-state index in [2.05, 4.69) is 15.5 Å². The maximum Gasteiger partial charge on any atom is 0.239 e. The third kappa shape index (κ3) is 4.73. The first-order valence-electron chi connectivity index (χ1n) is 8.91. The summed E-state index contributed by atoms with van der Waals surface area (Å²) in [6.45, 7) is 3.73. The number of carbonyl (C=O) groups is 2. The maximum atomic E-state index is 12.3. The zero-order chi connectivity index (χ0) is 19.2. The second-order valence-electron chi connectivity index (χ2n) is 6.19.